The predicted molar refractivity (Wildman–Crippen MR) is 75.6 cm³/mol. The van der Waals surface area contributed by atoms with Crippen LogP contribution in [0.2, 0.25) is 18.1 Å². The van der Waals surface area contributed by atoms with Crippen LogP contribution in [0.25, 0.3) is 0 Å². The van der Waals surface area contributed by atoms with Crippen LogP contribution < -0.4 is 0 Å². The topological polar surface area (TPSA) is 29.5 Å². The highest BCUT2D eigenvalue weighted by atomic mass is 28.4. The maximum atomic E-state index is 11.3. The van der Waals surface area contributed by atoms with Gasteiger partial charge in [0.25, 0.3) is 0 Å². The summed E-state index contributed by atoms with van der Waals surface area (Å²) in [6.45, 7) is 18.2. The molecule has 0 atom stereocenters. The standard InChI is InChI=1S/C13H27NO2Si/c1-8-9-14(12(2)15)10-11-16-17(6,7)13(3,4)5/h8H,1,9-11H2,2-7H3. The Labute approximate surface area is 107 Å². The van der Waals surface area contributed by atoms with E-state index in [0.717, 1.165) is 0 Å². The number of hydrogen-bond donors (Lipinski definition) is 0. The molecule has 0 spiro atoms. The van der Waals surface area contributed by atoms with Crippen LogP contribution >= 0.6 is 0 Å². The Kier molecular flexibility index (Phi) is 6.13. The predicted octanol–water partition coefficient (Wildman–Crippen LogP) is 3.04. The van der Waals surface area contributed by atoms with Gasteiger partial charge < -0.3 is 9.33 Å². The third-order valence-corrected chi connectivity index (χ3v) is 7.96. The van der Waals surface area contributed by atoms with Crippen molar-refractivity contribution in [1.29, 1.82) is 0 Å². The van der Waals surface area contributed by atoms with Gasteiger partial charge in [-0.3, -0.25) is 4.79 Å². The van der Waals surface area contributed by atoms with E-state index in [2.05, 4.69) is 40.4 Å². The fourth-order valence-electron chi connectivity index (χ4n) is 1.16. The van der Waals surface area contributed by atoms with Crippen molar-refractivity contribution in [2.75, 3.05) is 19.7 Å². The summed E-state index contributed by atoms with van der Waals surface area (Å²) in [6, 6.07) is 0. The molecule has 0 heterocycles. The molecular formula is C13H27NO2Si. The molecule has 0 N–H and O–H groups in total. The van der Waals surface area contributed by atoms with Crippen LogP contribution in [-0.4, -0.2) is 38.8 Å². The minimum absolute atomic E-state index is 0.0729. The molecule has 0 saturated heterocycles. The fourth-order valence-corrected chi connectivity index (χ4v) is 2.20. The van der Waals surface area contributed by atoms with Gasteiger partial charge in [0.15, 0.2) is 8.32 Å². The van der Waals surface area contributed by atoms with Crippen LogP contribution in [0.5, 0.6) is 0 Å². The van der Waals surface area contributed by atoms with Crippen molar-refractivity contribution in [1.82, 2.24) is 4.90 Å². The van der Waals surface area contributed by atoms with E-state index in [1.165, 1.54) is 0 Å². The summed E-state index contributed by atoms with van der Waals surface area (Å²) in [5.74, 6) is 0.0729. The second-order valence-corrected chi connectivity index (χ2v) is 10.7. The molecule has 0 saturated carbocycles. The molecule has 1 amide bonds. The van der Waals surface area contributed by atoms with E-state index in [9.17, 15) is 4.79 Å². The molecule has 0 radical (unpaired) electrons. The van der Waals surface area contributed by atoms with Gasteiger partial charge in [0.1, 0.15) is 0 Å². The maximum Gasteiger partial charge on any atom is 0.219 e. The van der Waals surface area contributed by atoms with E-state index < -0.39 is 8.32 Å². The lowest BCUT2D eigenvalue weighted by Gasteiger charge is -2.36. The van der Waals surface area contributed by atoms with Gasteiger partial charge in [-0.1, -0.05) is 26.8 Å². The molecule has 17 heavy (non-hydrogen) atoms. The van der Waals surface area contributed by atoms with Crippen LogP contribution in [0, 0.1) is 0 Å². The molecule has 0 rings (SSSR count). The molecule has 0 aliphatic rings. The number of rotatable bonds is 6. The molecule has 100 valence electrons. The molecule has 0 aromatic rings. The Morgan fingerprint density at radius 1 is 1.41 bits per heavy atom. The van der Waals surface area contributed by atoms with Gasteiger partial charge in [-0.15, -0.1) is 6.58 Å². The molecule has 0 aromatic carbocycles. The Morgan fingerprint density at radius 3 is 2.29 bits per heavy atom. The first kappa shape index (κ1) is 16.4. The number of carbonyl (C=O) groups is 1. The highest BCUT2D eigenvalue weighted by Crippen LogP contribution is 2.36. The average molecular weight is 257 g/mol. The van der Waals surface area contributed by atoms with Crippen molar-refractivity contribution in [3.63, 3.8) is 0 Å². The highest BCUT2D eigenvalue weighted by molar-refractivity contribution is 6.74. The summed E-state index contributed by atoms with van der Waals surface area (Å²) < 4.78 is 6.03. The average Bonchev–Trinajstić information content (AvgIpc) is 2.14. The van der Waals surface area contributed by atoms with Gasteiger partial charge in [0, 0.05) is 20.0 Å². The van der Waals surface area contributed by atoms with Crippen LogP contribution in [0.4, 0.5) is 0 Å². The van der Waals surface area contributed by atoms with E-state index in [1.54, 1.807) is 17.9 Å². The summed E-state index contributed by atoms with van der Waals surface area (Å²) in [5, 5.41) is 0.215. The van der Waals surface area contributed by atoms with Gasteiger partial charge in [-0.2, -0.15) is 0 Å². The van der Waals surface area contributed by atoms with Crippen molar-refractivity contribution in [3.05, 3.63) is 12.7 Å². The third-order valence-electron chi connectivity index (χ3n) is 3.43. The summed E-state index contributed by atoms with van der Waals surface area (Å²) in [4.78, 5) is 13.1. The second kappa shape index (κ2) is 6.35. The first-order valence-corrected chi connectivity index (χ1v) is 9.03. The summed E-state index contributed by atoms with van der Waals surface area (Å²) in [6.07, 6.45) is 1.74. The third kappa shape index (κ3) is 5.50. The summed E-state index contributed by atoms with van der Waals surface area (Å²) >= 11 is 0. The van der Waals surface area contributed by atoms with E-state index in [0.29, 0.717) is 19.7 Å². The SMILES string of the molecule is C=CCN(CCO[Si](C)(C)C(C)(C)C)C(C)=O. The number of amides is 1. The molecule has 0 aliphatic carbocycles. The van der Waals surface area contributed by atoms with Crippen molar-refractivity contribution < 1.29 is 9.22 Å². The van der Waals surface area contributed by atoms with Crippen LogP contribution in [0.1, 0.15) is 27.7 Å². The highest BCUT2D eigenvalue weighted by Gasteiger charge is 2.36. The molecular weight excluding hydrogens is 230 g/mol. The Bertz CT molecular complexity index is 269. The first-order valence-electron chi connectivity index (χ1n) is 6.12. The zero-order valence-electron chi connectivity index (χ0n) is 12.2. The van der Waals surface area contributed by atoms with Crippen LogP contribution in [0.3, 0.4) is 0 Å². The van der Waals surface area contributed by atoms with Gasteiger partial charge in [-0.25, -0.2) is 0 Å². The fraction of sp³-hybridized carbons (Fsp3) is 0.769. The van der Waals surface area contributed by atoms with Crippen molar-refractivity contribution >= 4 is 14.2 Å². The summed E-state index contributed by atoms with van der Waals surface area (Å²) in [7, 11) is -1.69. The molecule has 0 aliphatic heterocycles. The van der Waals surface area contributed by atoms with Gasteiger partial charge >= 0.3 is 0 Å². The van der Waals surface area contributed by atoms with E-state index in [-0.39, 0.29) is 10.9 Å². The van der Waals surface area contributed by atoms with E-state index in [1.807, 2.05) is 0 Å². The largest absolute Gasteiger partial charge is 0.415 e. The summed E-state index contributed by atoms with van der Waals surface area (Å²) in [5.41, 5.74) is 0. The van der Waals surface area contributed by atoms with E-state index >= 15 is 0 Å². The number of hydrogen-bond acceptors (Lipinski definition) is 2. The molecule has 4 heteroatoms. The normalized spacial score (nSPS) is 12.4. The Balaban J connectivity index is 4.21. The minimum Gasteiger partial charge on any atom is -0.415 e. The van der Waals surface area contributed by atoms with Crippen LogP contribution in [-0.2, 0) is 9.22 Å². The smallest absolute Gasteiger partial charge is 0.219 e. The number of carbonyl (C=O) groups excluding carboxylic acids is 1. The molecule has 0 bridgehead atoms. The molecule has 3 nitrogen and oxygen atoms in total. The van der Waals surface area contributed by atoms with E-state index in [4.69, 9.17) is 4.43 Å². The zero-order valence-corrected chi connectivity index (χ0v) is 13.2. The first-order chi connectivity index (χ1) is 7.62. The molecule has 0 aromatic heterocycles. The minimum atomic E-state index is -1.69. The Morgan fingerprint density at radius 2 is 1.94 bits per heavy atom. The Hall–Kier alpha value is -0.613. The maximum absolute atomic E-state index is 11.3. The van der Waals surface area contributed by atoms with Crippen molar-refractivity contribution in [2.24, 2.45) is 0 Å². The van der Waals surface area contributed by atoms with Crippen molar-refractivity contribution in [3.8, 4) is 0 Å². The number of nitrogens with zero attached hydrogens (tertiary/aromatic N) is 1. The van der Waals surface area contributed by atoms with Gasteiger partial charge in [-0.05, 0) is 18.1 Å². The quantitative estimate of drug-likeness (QED) is 0.541. The molecule has 0 fully saturated rings. The van der Waals surface area contributed by atoms with Crippen molar-refractivity contribution in [2.45, 2.75) is 45.8 Å². The lowest BCUT2D eigenvalue weighted by molar-refractivity contribution is -0.128. The second-order valence-electron chi connectivity index (χ2n) is 5.86. The van der Waals surface area contributed by atoms with Gasteiger partial charge in [0.2, 0.25) is 5.91 Å². The van der Waals surface area contributed by atoms with Crippen LogP contribution in [0.15, 0.2) is 12.7 Å². The zero-order chi connectivity index (χ0) is 13.7. The molecule has 0 unspecified atom stereocenters. The lowest BCUT2D eigenvalue weighted by Crippen LogP contribution is -2.43. The monoisotopic (exact) mass is 257 g/mol. The van der Waals surface area contributed by atoms with Gasteiger partial charge in [0.05, 0.1) is 6.61 Å². The lowest BCUT2D eigenvalue weighted by atomic mass is 10.2.